The summed E-state index contributed by atoms with van der Waals surface area (Å²) >= 11 is 0. The van der Waals surface area contributed by atoms with Gasteiger partial charge in [0.15, 0.2) is 0 Å². The van der Waals surface area contributed by atoms with E-state index in [0.717, 1.165) is 41.6 Å². The highest BCUT2D eigenvalue weighted by Crippen LogP contribution is 2.26. The van der Waals surface area contributed by atoms with Crippen LogP contribution in [0.5, 0.6) is 0 Å². The SMILES string of the molecule is Cc1cc(C)c(NC(=O)CNC(=O)C2(N)CCCCC2)c(C)c1.Cl. The third kappa shape index (κ3) is 4.95. The molecular weight excluding hydrogens is 326 g/mol. The summed E-state index contributed by atoms with van der Waals surface area (Å²) in [5.74, 6) is -0.447. The highest BCUT2D eigenvalue weighted by atomic mass is 35.5. The van der Waals surface area contributed by atoms with Crippen molar-refractivity contribution in [2.24, 2.45) is 5.73 Å². The number of amides is 2. The molecule has 2 rings (SSSR count). The summed E-state index contributed by atoms with van der Waals surface area (Å²) in [6, 6.07) is 4.05. The lowest BCUT2D eigenvalue weighted by molar-refractivity contribution is -0.129. The number of halogens is 1. The highest BCUT2D eigenvalue weighted by Gasteiger charge is 2.35. The monoisotopic (exact) mass is 353 g/mol. The van der Waals surface area contributed by atoms with Crippen molar-refractivity contribution in [2.45, 2.75) is 58.4 Å². The lowest BCUT2D eigenvalue weighted by Crippen LogP contribution is -2.56. The molecule has 4 N–H and O–H groups in total. The molecule has 0 saturated heterocycles. The average molecular weight is 354 g/mol. The minimum atomic E-state index is -0.811. The molecule has 0 heterocycles. The van der Waals surface area contributed by atoms with Gasteiger partial charge in [-0.2, -0.15) is 0 Å². The van der Waals surface area contributed by atoms with Crippen LogP contribution in [0.4, 0.5) is 5.69 Å². The molecule has 1 aromatic carbocycles. The Morgan fingerprint density at radius 3 is 2.17 bits per heavy atom. The standard InChI is InChI=1S/C18H27N3O2.ClH/c1-12-9-13(2)16(14(3)10-12)21-15(22)11-20-17(23)18(19)7-5-4-6-8-18;/h9-10H,4-8,11,19H2,1-3H3,(H,20,23)(H,21,22);1H. The van der Waals surface area contributed by atoms with Crippen LogP contribution >= 0.6 is 12.4 Å². The van der Waals surface area contributed by atoms with E-state index in [0.29, 0.717) is 12.8 Å². The predicted molar refractivity (Wildman–Crippen MR) is 99.5 cm³/mol. The summed E-state index contributed by atoms with van der Waals surface area (Å²) < 4.78 is 0. The molecule has 134 valence electrons. The Hall–Kier alpha value is -1.59. The average Bonchev–Trinajstić information content (AvgIpc) is 2.49. The second-order valence-corrected chi connectivity index (χ2v) is 6.72. The van der Waals surface area contributed by atoms with Crippen LogP contribution in [-0.4, -0.2) is 23.9 Å². The predicted octanol–water partition coefficient (Wildman–Crippen LogP) is 2.75. The summed E-state index contributed by atoms with van der Waals surface area (Å²) in [6.07, 6.45) is 4.45. The Kier molecular flexibility index (Phi) is 7.24. The van der Waals surface area contributed by atoms with Crippen molar-refractivity contribution in [2.75, 3.05) is 11.9 Å². The van der Waals surface area contributed by atoms with Crippen molar-refractivity contribution in [3.63, 3.8) is 0 Å². The molecule has 1 aliphatic carbocycles. The third-order valence-corrected chi connectivity index (χ3v) is 4.55. The number of benzene rings is 1. The fourth-order valence-corrected chi connectivity index (χ4v) is 3.31. The molecule has 0 unspecified atom stereocenters. The van der Waals surface area contributed by atoms with E-state index in [1.165, 1.54) is 0 Å². The van der Waals surface area contributed by atoms with Gasteiger partial charge in [-0.1, -0.05) is 37.0 Å². The Morgan fingerprint density at radius 2 is 1.62 bits per heavy atom. The van der Waals surface area contributed by atoms with Crippen molar-refractivity contribution in [1.29, 1.82) is 0 Å². The number of hydrogen-bond donors (Lipinski definition) is 3. The fraction of sp³-hybridized carbons (Fsp3) is 0.556. The molecule has 24 heavy (non-hydrogen) atoms. The maximum Gasteiger partial charge on any atom is 0.243 e. The quantitative estimate of drug-likeness (QED) is 0.778. The molecule has 0 aliphatic heterocycles. The molecule has 1 aliphatic rings. The number of hydrogen-bond acceptors (Lipinski definition) is 3. The summed E-state index contributed by atoms with van der Waals surface area (Å²) in [5.41, 5.74) is 9.36. The van der Waals surface area contributed by atoms with Gasteiger partial charge in [-0.3, -0.25) is 9.59 Å². The molecule has 0 bridgehead atoms. The second-order valence-electron chi connectivity index (χ2n) is 6.72. The number of nitrogens with one attached hydrogen (secondary N) is 2. The minimum absolute atomic E-state index is 0. The van der Waals surface area contributed by atoms with Gasteiger partial charge < -0.3 is 16.4 Å². The van der Waals surface area contributed by atoms with E-state index in [1.807, 2.05) is 32.9 Å². The second kappa shape index (κ2) is 8.49. The zero-order valence-electron chi connectivity index (χ0n) is 14.7. The van der Waals surface area contributed by atoms with Crippen LogP contribution in [-0.2, 0) is 9.59 Å². The van der Waals surface area contributed by atoms with Crippen LogP contribution in [0.2, 0.25) is 0 Å². The molecule has 0 radical (unpaired) electrons. The zero-order valence-corrected chi connectivity index (χ0v) is 15.5. The van der Waals surface area contributed by atoms with E-state index >= 15 is 0 Å². The first-order valence-corrected chi connectivity index (χ1v) is 8.27. The fourth-order valence-electron chi connectivity index (χ4n) is 3.31. The smallest absolute Gasteiger partial charge is 0.243 e. The Morgan fingerprint density at radius 1 is 1.08 bits per heavy atom. The van der Waals surface area contributed by atoms with E-state index in [2.05, 4.69) is 10.6 Å². The van der Waals surface area contributed by atoms with E-state index in [9.17, 15) is 9.59 Å². The highest BCUT2D eigenvalue weighted by molar-refractivity contribution is 5.97. The largest absolute Gasteiger partial charge is 0.345 e. The normalized spacial score (nSPS) is 16.0. The molecule has 6 heteroatoms. The Bertz CT molecular complexity index is 587. The first-order valence-electron chi connectivity index (χ1n) is 8.27. The van der Waals surface area contributed by atoms with E-state index in [-0.39, 0.29) is 30.8 Å². The first kappa shape index (κ1) is 20.5. The van der Waals surface area contributed by atoms with Crippen LogP contribution in [0.1, 0.15) is 48.8 Å². The first-order chi connectivity index (χ1) is 10.8. The number of anilines is 1. The topological polar surface area (TPSA) is 84.2 Å². The van der Waals surface area contributed by atoms with Gasteiger partial charge in [-0.15, -0.1) is 12.4 Å². The van der Waals surface area contributed by atoms with E-state index < -0.39 is 5.54 Å². The summed E-state index contributed by atoms with van der Waals surface area (Å²) in [4.78, 5) is 24.4. The van der Waals surface area contributed by atoms with Crippen molar-refractivity contribution >= 4 is 29.9 Å². The molecular formula is C18H28ClN3O2. The van der Waals surface area contributed by atoms with Crippen molar-refractivity contribution in [1.82, 2.24) is 5.32 Å². The maximum absolute atomic E-state index is 12.2. The Balaban J connectivity index is 0.00000288. The Labute approximate surface area is 150 Å². The van der Waals surface area contributed by atoms with Gasteiger partial charge in [0.2, 0.25) is 11.8 Å². The van der Waals surface area contributed by atoms with Gasteiger partial charge >= 0.3 is 0 Å². The van der Waals surface area contributed by atoms with Crippen LogP contribution in [0.15, 0.2) is 12.1 Å². The molecule has 0 aromatic heterocycles. The lowest BCUT2D eigenvalue weighted by Gasteiger charge is -2.31. The molecule has 0 atom stereocenters. The molecule has 1 fully saturated rings. The van der Waals surface area contributed by atoms with Crippen LogP contribution < -0.4 is 16.4 Å². The van der Waals surface area contributed by atoms with Crippen molar-refractivity contribution in [3.05, 3.63) is 28.8 Å². The van der Waals surface area contributed by atoms with Gasteiger partial charge in [0.25, 0.3) is 0 Å². The summed E-state index contributed by atoms with van der Waals surface area (Å²) in [5, 5.41) is 5.57. The molecule has 1 saturated carbocycles. The lowest BCUT2D eigenvalue weighted by atomic mass is 9.82. The van der Waals surface area contributed by atoms with Crippen LogP contribution in [0.3, 0.4) is 0 Å². The molecule has 2 amide bonds. The van der Waals surface area contributed by atoms with E-state index in [1.54, 1.807) is 0 Å². The number of nitrogens with two attached hydrogens (primary N) is 1. The van der Waals surface area contributed by atoms with Crippen LogP contribution in [0.25, 0.3) is 0 Å². The molecule has 5 nitrogen and oxygen atoms in total. The molecule has 1 aromatic rings. The minimum Gasteiger partial charge on any atom is -0.345 e. The number of carbonyl (C=O) groups excluding carboxylic acids is 2. The number of carbonyl (C=O) groups is 2. The van der Waals surface area contributed by atoms with Gasteiger partial charge in [-0.25, -0.2) is 0 Å². The van der Waals surface area contributed by atoms with Crippen molar-refractivity contribution < 1.29 is 9.59 Å². The van der Waals surface area contributed by atoms with E-state index in [4.69, 9.17) is 5.73 Å². The van der Waals surface area contributed by atoms with Gasteiger partial charge in [0, 0.05) is 5.69 Å². The zero-order chi connectivity index (χ0) is 17.0. The van der Waals surface area contributed by atoms with Crippen molar-refractivity contribution in [3.8, 4) is 0 Å². The summed E-state index contributed by atoms with van der Waals surface area (Å²) in [6.45, 7) is 5.90. The van der Waals surface area contributed by atoms with Gasteiger partial charge in [0.05, 0.1) is 12.1 Å². The summed E-state index contributed by atoms with van der Waals surface area (Å²) in [7, 11) is 0. The van der Waals surface area contributed by atoms with Gasteiger partial charge in [0.1, 0.15) is 0 Å². The number of rotatable bonds is 4. The molecule has 0 spiro atoms. The maximum atomic E-state index is 12.2. The third-order valence-electron chi connectivity index (χ3n) is 4.55. The number of aryl methyl sites for hydroxylation is 3. The van der Waals surface area contributed by atoms with Gasteiger partial charge in [-0.05, 0) is 44.7 Å². The van der Waals surface area contributed by atoms with Crippen LogP contribution in [0, 0.1) is 20.8 Å².